The van der Waals surface area contributed by atoms with Crippen LogP contribution in [0.4, 0.5) is 0 Å². The van der Waals surface area contributed by atoms with E-state index in [1.54, 1.807) is 61.6 Å². The van der Waals surface area contributed by atoms with Crippen molar-refractivity contribution in [2.75, 3.05) is 20.8 Å². The van der Waals surface area contributed by atoms with Gasteiger partial charge < -0.3 is 18.8 Å². The number of ether oxygens (including phenoxy) is 2. The van der Waals surface area contributed by atoms with Gasteiger partial charge in [-0.05, 0) is 53.9 Å². The first-order chi connectivity index (χ1) is 16.9. The summed E-state index contributed by atoms with van der Waals surface area (Å²) in [4.78, 5) is 28.8. The lowest BCUT2D eigenvalue weighted by atomic mass is 9.98. The van der Waals surface area contributed by atoms with Gasteiger partial charge in [-0.25, -0.2) is 0 Å². The number of benzene rings is 3. The van der Waals surface area contributed by atoms with E-state index in [1.807, 2.05) is 18.2 Å². The lowest BCUT2D eigenvalue weighted by molar-refractivity contribution is 0.0730. The van der Waals surface area contributed by atoms with Crippen LogP contribution in [0.5, 0.6) is 11.5 Å². The summed E-state index contributed by atoms with van der Waals surface area (Å²) in [5, 5.41) is 1.16. The first-order valence-corrected chi connectivity index (χ1v) is 11.7. The summed E-state index contributed by atoms with van der Waals surface area (Å²) in [7, 11) is 3.15. The van der Waals surface area contributed by atoms with Crippen LogP contribution in [-0.4, -0.2) is 31.6 Å². The van der Waals surface area contributed by atoms with Crippen molar-refractivity contribution in [3.63, 3.8) is 0 Å². The summed E-state index contributed by atoms with van der Waals surface area (Å²) in [6.07, 6.45) is 0.519. The highest BCUT2D eigenvalue weighted by Crippen LogP contribution is 2.40. The number of fused-ring (bicyclic) bond motifs is 2. The maximum Gasteiger partial charge on any atom is 0.290 e. The number of amides is 1. The van der Waals surface area contributed by atoms with Gasteiger partial charge in [0.1, 0.15) is 5.58 Å². The largest absolute Gasteiger partial charge is 0.493 e. The summed E-state index contributed by atoms with van der Waals surface area (Å²) in [6.45, 7) is 0.333. The standard InChI is InChI=1S/C27H21Cl2NO5/c1-33-21-10-7-15(13-22(21)34-2)11-12-30-24(16-8-9-18(28)19(29)14-16)23-25(31)17-5-3-4-6-20(17)35-26(23)27(30)32/h3-10,13-14,24H,11-12H2,1-2H3/t24-/m1/s1. The Hall–Kier alpha value is -3.48. The number of halogens is 2. The molecule has 35 heavy (non-hydrogen) atoms. The Bertz CT molecular complexity index is 1510. The number of carbonyl (C=O) groups is 1. The fraction of sp³-hybridized carbons (Fsp3) is 0.185. The Morgan fingerprint density at radius 3 is 2.43 bits per heavy atom. The van der Waals surface area contributed by atoms with E-state index in [1.165, 1.54) is 0 Å². The topological polar surface area (TPSA) is 69.0 Å². The lowest BCUT2D eigenvalue weighted by Crippen LogP contribution is -2.31. The van der Waals surface area contributed by atoms with Gasteiger partial charge in [0.15, 0.2) is 16.9 Å². The molecule has 2 heterocycles. The molecule has 1 aromatic heterocycles. The molecule has 0 spiro atoms. The average Bonchev–Trinajstić information content (AvgIpc) is 3.16. The average molecular weight is 510 g/mol. The molecule has 3 aromatic carbocycles. The van der Waals surface area contributed by atoms with Crippen molar-refractivity contribution in [3.05, 3.63) is 103 Å². The molecule has 5 rings (SSSR count). The van der Waals surface area contributed by atoms with E-state index in [-0.39, 0.29) is 17.1 Å². The van der Waals surface area contributed by atoms with Crippen LogP contribution in [0.2, 0.25) is 10.0 Å². The lowest BCUT2D eigenvalue weighted by Gasteiger charge is -2.25. The number of hydrogen-bond donors (Lipinski definition) is 0. The molecule has 1 aliphatic rings. The van der Waals surface area contributed by atoms with Gasteiger partial charge in [0.25, 0.3) is 5.91 Å². The zero-order chi connectivity index (χ0) is 24.7. The Morgan fingerprint density at radius 2 is 1.69 bits per heavy atom. The van der Waals surface area contributed by atoms with Crippen LogP contribution in [0, 0.1) is 0 Å². The van der Waals surface area contributed by atoms with Crippen LogP contribution >= 0.6 is 23.2 Å². The van der Waals surface area contributed by atoms with Gasteiger partial charge in [-0.1, -0.05) is 47.5 Å². The van der Waals surface area contributed by atoms with Crippen LogP contribution in [-0.2, 0) is 6.42 Å². The molecule has 8 heteroatoms. The molecule has 0 saturated heterocycles. The van der Waals surface area contributed by atoms with Gasteiger partial charge in [-0.3, -0.25) is 9.59 Å². The zero-order valence-corrected chi connectivity index (χ0v) is 20.5. The minimum Gasteiger partial charge on any atom is -0.493 e. The van der Waals surface area contributed by atoms with Crippen LogP contribution in [0.25, 0.3) is 11.0 Å². The van der Waals surface area contributed by atoms with Crippen LogP contribution < -0.4 is 14.9 Å². The summed E-state index contributed by atoms with van der Waals surface area (Å²) in [5.74, 6) is 0.928. The SMILES string of the molecule is COc1ccc(CCN2C(=O)c3oc4ccccc4c(=O)c3[C@H]2c2ccc(Cl)c(Cl)c2)cc1OC. The number of nitrogens with zero attached hydrogens (tertiary/aromatic N) is 1. The van der Waals surface area contributed by atoms with Gasteiger partial charge >= 0.3 is 0 Å². The normalized spacial score (nSPS) is 14.9. The molecule has 0 unspecified atom stereocenters. The highest BCUT2D eigenvalue weighted by Gasteiger charge is 2.42. The zero-order valence-electron chi connectivity index (χ0n) is 19.0. The van der Waals surface area contributed by atoms with Crippen molar-refractivity contribution < 1.29 is 18.7 Å². The molecule has 0 saturated carbocycles. The van der Waals surface area contributed by atoms with Crippen molar-refractivity contribution in [2.24, 2.45) is 0 Å². The van der Waals surface area contributed by atoms with Gasteiger partial charge in [0.2, 0.25) is 5.76 Å². The van der Waals surface area contributed by atoms with E-state index < -0.39 is 6.04 Å². The summed E-state index contributed by atoms with van der Waals surface area (Å²) >= 11 is 12.5. The predicted molar refractivity (Wildman–Crippen MR) is 135 cm³/mol. The second-order valence-corrected chi connectivity index (χ2v) is 9.00. The minimum atomic E-state index is -0.659. The van der Waals surface area contributed by atoms with Gasteiger partial charge in [0, 0.05) is 6.54 Å². The number of carbonyl (C=O) groups excluding carboxylic acids is 1. The fourth-order valence-electron chi connectivity index (χ4n) is 4.51. The Balaban J connectivity index is 1.59. The van der Waals surface area contributed by atoms with Crippen LogP contribution in [0.3, 0.4) is 0 Å². The maximum absolute atomic E-state index is 13.6. The third kappa shape index (κ3) is 4.03. The fourth-order valence-corrected chi connectivity index (χ4v) is 4.82. The third-order valence-electron chi connectivity index (χ3n) is 6.22. The minimum absolute atomic E-state index is 0.0529. The van der Waals surface area contributed by atoms with E-state index in [4.69, 9.17) is 37.1 Å². The molecule has 0 aliphatic carbocycles. The molecular weight excluding hydrogens is 489 g/mol. The molecule has 0 radical (unpaired) electrons. The van der Waals surface area contributed by atoms with Crippen LogP contribution in [0.1, 0.15) is 33.3 Å². The second-order valence-electron chi connectivity index (χ2n) is 8.18. The molecule has 1 aliphatic heterocycles. The maximum atomic E-state index is 13.6. The predicted octanol–water partition coefficient (Wildman–Crippen LogP) is 5.90. The monoisotopic (exact) mass is 509 g/mol. The Kier molecular flexibility index (Phi) is 6.17. The number of hydrogen-bond acceptors (Lipinski definition) is 5. The molecule has 1 atom stereocenters. The summed E-state index contributed by atoms with van der Waals surface area (Å²) in [6, 6.07) is 17.0. The van der Waals surface area contributed by atoms with Crippen molar-refractivity contribution in [2.45, 2.75) is 12.5 Å². The van der Waals surface area contributed by atoms with Crippen LogP contribution in [0.15, 0.2) is 69.9 Å². The number of methoxy groups -OCH3 is 2. The highest BCUT2D eigenvalue weighted by molar-refractivity contribution is 6.42. The van der Waals surface area contributed by atoms with E-state index in [9.17, 15) is 9.59 Å². The Morgan fingerprint density at radius 1 is 0.914 bits per heavy atom. The van der Waals surface area contributed by atoms with Gasteiger partial charge in [0.05, 0.1) is 41.3 Å². The van der Waals surface area contributed by atoms with E-state index in [2.05, 4.69) is 0 Å². The first kappa shape index (κ1) is 23.3. The molecule has 0 N–H and O–H groups in total. The third-order valence-corrected chi connectivity index (χ3v) is 6.96. The smallest absolute Gasteiger partial charge is 0.290 e. The molecule has 0 bridgehead atoms. The number of rotatable bonds is 6. The second kappa shape index (κ2) is 9.29. The molecule has 6 nitrogen and oxygen atoms in total. The van der Waals surface area contributed by atoms with Crippen molar-refractivity contribution in [3.8, 4) is 11.5 Å². The Labute approximate surface area is 211 Å². The summed E-state index contributed by atoms with van der Waals surface area (Å²) in [5.41, 5.74) is 2.07. The highest BCUT2D eigenvalue weighted by atomic mass is 35.5. The van der Waals surface area contributed by atoms with Gasteiger partial charge in [-0.15, -0.1) is 0 Å². The van der Waals surface area contributed by atoms with E-state index in [0.29, 0.717) is 56.6 Å². The van der Waals surface area contributed by atoms with Crippen molar-refractivity contribution in [1.82, 2.24) is 4.90 Å². The van der Waals surface area contributed by atoms with Gasteiger partial charge in [-0.2, -0.15) is 0 Å². The van der Waals surface area contributed by atoms with E-state index >= 15 is 0 Å². The molecule has 178 valence electrons. The van der Waals surface area contributed by atoms with Crippen molar-refractivity contribution in [1.29, 1.82) is 0 Å². The quantitative estimate of drug-likeness (QED) is 0.323. The first-order valence-electron chi connectivity index (χ1n) is 11.0. The summed E-state index contributed by atoms with van der Waals surface area (Å²) < 4.78 is 16.7. The molecule has 0 fully saturated rings. The van der Waals surface area contributed by atoms with Crippen molar-refractivity contribution >= 4 is 40.1 Å². The molecule has 1 amide bonds. The number of para-hydroxylation sites is 1. The van der Waals surface area contributed by atoms with E-state index in [0.717, 1.165) is 5.56 Å². The molecule has 4 aromatic rings. The molecular formula is C27H21Cl2NO5.